The summed E-state index contributed by atoms with van der Waals surface area (Å²) in [4.78, 5) is 16.7. The van der Waals surface area contributed by atoms with Gasteiger partial charge in [-0.05, 0) is 55.3 Å². The molecule has 5 nitrogen and oxygen atoms in total. The molecule has 1 amide bonds. The summed E-state index contributed by atoms with van der Waals surface area (Å²) in [5.41, 5.74) is 1.31. The Kier molecular flexibility index (Phi) is 6.36. The van der Waals surface area contributed by atoms with Crippen LogP contribution in [0.4, 0.5) is 5.69 Å². The number of carbonyl (C=O) groups excluding carboxylic acids is 1. The van der Waals surface area contributed by atoms with Crippen molar-refractivity contribution < 1.29 is 9.21 Å². The van der Waals surface area contributed by atoms with E-state index in [0.717, 1.165) is 45.6 Å². The van der Waals surface area contributed by atoms with E-state index >= 15 is 0 Å². The molecular formula is C19H24ClN3O2. The van der Waals surface area contributed by atoms with Crippen LogP contribution in [0.2, 0.25) is 5.22 Å². The van der Waals surface area contributed by atoms with Crippen molar-refractivity contribution in [1.82, 2.24) is 10.2 Å². The molecule has 0 atom stereocenters. The van der Waals surface area contributed by atoms with Gasteiger partial charge in [-0.2, -0.15) is 0 Å². The van der Waals surface area contributed by atoms with Gasteiger partial charge >= 0.3 is 0 Å². The third-order valence-electron chi connectivity index (χ3n) is 4.48. The van der Waals surface area contributed by atoms with E-state index in [-0.39, 0.29) is 16.9 Å². The van der Waals surface area contributed by atoms with E-state index in [2.05, 4.69) is 45.4 Å². The Morgan fingerprint density at radius 2 is 1.80 bits per heavy atom. The summed E-state index contributed by atoms with van der Waals surface area (Å²) in [7, 11) is 0. The minimum absolute atomic E-state index is 0.205. The first-order valence-corrected chi connectivity index (χ1v) is 9.16. The highest BCUT2D eigenvalue weighted by atomic mass is 35.5. The van der Waals surface area contributed by atoms with Crippen molar-refractivity contribution in [3.05, 3.63) is 53.4 Å². The highest BCUT2D eigenvalue weighted by Crippen LogP contribution is 2.16. The van der Waals surface area contributed by atoms with E-state index in [1.807, 2.05) is 0 Å². The molecule has 1 aliphatic rings. The average molecular weight is 362 g/mol. The number of hydrogen-bond donors (Lipinski definition) is 1. The molecule has 6 heteroatoms. The van der Waals surface area contributed by atoms with E-state index in [0.29, 0.717) is 6.54 Å². The number of para-hydroxylation sites is 1. The molecule has 0 saturated carbocycles. The largest absolute Gasteiger partial charge is 0.440 e. The molecule has 134 valence electrons. The number of nitrogens with zero attached hydrogens (tertiary/aromatic N) is 2. The fourth-order valence-corrected chi connectivity index (χ4v) is 3.20. The van der Waals surface area contributed by atoms with Gasteiger partial charge in [0, 0.05) is 38.4 Å². The molecule has 0 aliphatic carbocycles. The lowest BCUT2D eigenvalue weighted by atomic mass is 10.2. The van der Waals surface area contributed by atoms with Crippen LogP contribution in [0.25, 0.3) is 0 Å². The maximum atomic E-state index is 11.8. The van der Waals surface area contributed by atoms with Gasteiger partial charge in [0.2, 0.25) is 0 Å². The van der Waals surface area contributed by atoms with E-state index in [9.17, 15) is 4.79 Å². The van der Waals surface area contributed by atoms with Gasteiger partial charge < -0.3 is 14.6 Å². The molecule has 0 radical (unpaired) electrons. The zero-order valence-corrected chi connectivity index (χ0v) is 15.0. The van der Waals surface area contributed by atoms with Crippen LogP contribution in [0.1, 0.15) is 23.4 Å². The second kappa shape index (κ2) is 8.92. The van der Waals surface area contributed by atoms with Crippen LogP contribution >= 0.6 is 11.6 Å². The molecule has 2 aromatic rings. The summed E-state index contributed by atoms with van der Waals surface area (Å²) < 4.78 is 5.08. The zero-order chi connectivity index (χ0) is 17.5. The fraction of sp³-hybridized carbons (Fsp3) is 0.421. The van der Waals surface area contributed by atoms with Crippen LogP contribution in [-0.2, 0) is 0 Å². The first kappa shape index (κ1) is 17.8. The number of piperazine rings is 1. The van der Waals surface area contributed by atoms with Crippen molar-refractivity contribution in [2.24, 2.45) is 0 Å². The molecule has 0 spiro atoms. The van der Waals surface area contributed by atoms with Crippen LogP contribution in [0.15, 0.2) is 46.9 Å². The number of hydrogen-bond acceptors (Lipinski definition) is 4. The number of nitrogens with one attached hydrogen (secondary N) is 1. The third kappa shape index (κ3) is 5.25. The lowest BCUT2D eigenvalue weighted by Crippen LogP contribution is -2.46. The highest BCUT2D eigenvalue weighted by Gasteiger charge is 2.16. The minimum Gasteiger partial charge on any atom is -0.440 e. The van der Waals surface area contributed by atoms with Crippen molar-refractivity contribution in [3.8, 4) is 0 Å². The standard InChI is InChI=1S/C19H24ClN3O2/c20-18-9-8-17(25-18)19(24)21-10-4-5-11-22-12-14-23(15-13-22)16-6-2-1-3-7-16/h1-3,6-9H,4-5,10-15H2,(H,21,24). The molecular weight excluding hydrogens is 338 g/mol. The number of unbranched alkanes of at least 4 members (excludes halogenated alkanes) is 1. The number of amides is 1. The van der Waals surface area contributed by atoms with Crippen LogP contribution in [-0.4, -0.2) is 50.1 Å². The zero-order valence-electron chi connectivity index (χ0n) is 14.3. The normalized spacial score (nSPS) is 15.3. The maximum absolute atomic E-state index is 11.8. The number of carbonyl (C=O) groups is 1. The lowest BCUT2D eigenvalue weighted by molar-refractivity contribution is 0.0925. The molecule has 1 aliphatic heterocycles. The maximum Gasteiger partial charge on any atom is 0.287 e. The van der Waals surface area contributed by atoms with Crippen LogP contribution in [0, 0.1) is 0 Å². The third-order valence-corrected chi connectivity index (χ3v) is 4.68. The quantitative estimate of drug-likeness (QED) is 0.769. The summed E-state index contributed by atoms with van der Waals surface area (Å²) >= 11 is 5.67. The second-order valence-corrected chi connectivity index (χ2v) is 6.60. The molecule has 0 unspecified atom stereocenters. The number of halogens is 1. The molecule has 2 heterocycles. The monoisotopic (exact) mass is 361 g/mol. The Bertz CT molecular complexity index is 666. The molecule has 3 rings (SSSR count). The number of anilines is 1. The Hall–Kier alpha value is -1.98. The predicted octanol–water partition coefficient (Wildman–Crippen LogP) is 3.27. The summed E-state index contributed by atoms with van der Waals surface area (Å²) in [5, 5.41) is 3.10. The molecule has 1 fully saturated rings. The molecule has 1 aromatic carbocycles. The Balaban J connectivity index is 1.28. The van der Waals surface area contributed by atoms with Gasteiger partial charge in [0.1, 0.15) is 0 Å². The second-order valence-electron chi connectivity index (χ2n) is 6.23. The van der Waals surface area contributed by atoms with Gasteiger partial charge in [-0.25, -0.2) is 0 Å². The molecule has 0 bridgehead atoms. The van der Waals surface area contributed by atoms with E-state index < -0.39 is 0 Å². The van der Waals surface area contributed by atoms with E-state index in [1.165, 1.54) is 5.69 Å². The SMILES string of the molecule is O=C(NCCCCN1CCN(c2ccccc2)CC1)c1ccc(Cl)o1. The van der Waals surface area contributed by atoms with Crippen molar-refractivity contribution in [2.45, 2.75) is 12.8 Å². The Labute approximate surface area is 153 Å². The number of rotatable bonds is 7. The topological polar surface area (TPSA) is 48.7 Å². The van der Waals surface area contributed by atoms with Crippen molar-refractivity contribution >= 4 is 23.2 Å². The van der Waals surface area contributed by atoms with Gasteiger partial charge in [-0.1, -0.05) is 18.2 Å². The Morgan fingerprint density at radius 1 is 1.04 bits per heavy atom. The molecule has 25 heavy (non-hydrogen) atoms. The number of furan rings is 1. The smallest absolute Gasteiger partial charge is 0.287 e. The first-order valence-electron chi connectivity index (χ1n) is 8.78. The van der Waals surface area contributed by atoms with Gasteiger partial charge in [-0.3, -0.25) is 9.69 Å². The van der Waals surface area contributed by atoms with E-state index in [4.69, 9.17) is 16.0 Å². The van der Waals surface area contributed by atoms with Gasteiger partial charge in [0.05, 0.1) is 0 Å². The summed E-state index contributed by atoms with van der Waals surface area (Å²) in [6.07, 6.45) is 2.03. The van der Waals surface area contributed by atoms with Crippen molar-refractivity contribution in [3.63, 3.8) is 0 Å². The predicted molar refractivity (Wildman–Crippen MR) is 100 cm³/mol. The van der Waals surface area contributed by atoms with Gasteiger partial charge in [0.25, 0.3) is 5.91 Å². The molecule has 1 aromatic heterocycles. The molecule has 1 N–H and O–H groups in total. The van der Waals surface area contributed by atoms with Crippen LogP contribution in [0.3, 0.4) is 0 Å². The fourth-order valence-electron chi connectivity index (χ4n) is 3.05. The number of benzene rings is 1. The van der Waals surface area contributed by atoms with Gasteiger partial charge in [-0.15, -0.1) is 0 Å². The molecule has 1 saturated heterocycles. The van der Waals surface area contributed by atoms with Crippen LogP contribution < -0.4 is 10.2 Å². The summed E-state index contributed by atoms with van der Waals surface area (Å²) in [6, 6.07) is 13.7. The average Bonchev–Trinajstić information content (AvgIpc) is 3.09. The van der Waals surface area contributed by atoms with Crippen molar-refractivity contribution in [1.29, 1.82) is 0 Å². The van der Waals surface area contributed by atoms with Crippen LogP contribution in [0.5, 0.6) is 0 Å². The van der Waals surface area contributed by atoms with E-state index in [1.54, 1.807) is 12.1 Å². The minimum atomic E-state index is -0.205. The van der Waals surface area contributed by atoms with Gasteiger partial charge in [0.15, 0.2) is 11.0 Å². The Morgan fingerprint density at radius 3 is 2.48 bits per heavy atom. The van der Waals surface area contributed by atoms with Crippen molar-refractivity contribution in [2.75, 3.05) is 44.2 Å². The lowest BCUT2D eigenvalue weighted by Gasteiger charge is -2.36. The summed E-state index contributed by atoms with van der Waals surface area (Å²) in [5.74, 6) is 0.0606. The summed E-state index contributed by atoms with van der Waals surface area (Å²) in [6.45, 7) is 6.05. The first-order chi connectivity index (χ1) is 12.2. The highest BCUT2D eigenvalue weighted by molar-refractivity contribution is 6.29.